The normalized spacial score (nSPS) is 13.1. The molecule has 5 nitrogen and oxygen atoms in total. The van der Waals surface area contributed by atoms with E-state index >= 15 is 0 Å². The van der Waals surface area contributed by atoms with Crippen LogP contribution in [-0.4, -0.2) is 17.0 Å². The molecule has 4 N–H and O–H groups in total. The van der Waals surface area contributed by atoms with E-state index in [9.17, 15) is 4.79 Å². The lowest BCUT2D eigenvalue weighted by Crippen LogP contribution is -2.34. The van der Waals surface area contributed by atoms with E-state index in [4.69, 9.17) is 10.9 Å². The minimum absolute atomic E-state index is 0.0810. The molecule has 1 atom stereocenters. The van der Waals surface area contributed by atoms with Crippen LogP contribution in [0.5, 0.6) is 0 Å². The monoisotopic (exact) mass is 391 g/mol. The molecule has 0 aromatic heterocycles. The first-order valence-corrected chi connectivity index (χ1v) is 7.32. The molecule has 0 fully saturated rings. The van der Waals surface area contributed by atoms with Gasteiger partial charge in [-0.2, -0.15) is 0 Å². The summed E-state index contributed by atoms with van der Waals surface area (Å²) in [6, 6.07) is 5.48. The van der Waals surface area contributed by atoms with E-state index in [-0.39, 0.29) is 11.7 Å². The Hall–Kier alpha value is -1.08. The van der Waals surface area contributed by atoms with Crippen LogP contribution in [0.4, 0.5) is 5.69 Å². The third-order valence-corrected chi connectivity index (χ3v) is 3.90. The molecule has 0 aliphatic heterocycles. The average Bonchev–Trinajstić information content (AvgIpc) is 2.39. The van der Waals surface area contributed by atoms with Crippen molar-refractivity contribution in [3.05, 3.63) is 27.1 Å². The summed E-state index contributed by atoms with van der Waals surface area (Å²) in [5.41, 5.74) is 6.17. The zero-order valence-electron chi connectivity index (χ0n) is 10.4. The van der Waals surface area contributed by atoms with Crippen molar-refractivity contribution in [2.45, 2.75) is 19.8 Å². The van der Waals surface area contributed by atoms with E-state index < -0.39 is 5.92 Å². The Morgan fingerprint density at radius 2 is 2.05 bits per heavy atom. The van der Waals surface area contributed by atoms with E-state index in [0.29, 0.717) is 12.1 Å². The van der Waals surface area contributed by atoms with Gasteiger partial charge in [-0.3, -0.25) is 4.79 Å². The van der Waals surface area contributed by atoms with Crippen molar-refractivity contribution < 1.29 is 10.0 Å². The third kappa shape index (κ3) is 4.21. The number of carbonyl (C=O) groups excluding carboxylic acids is 1. The molecule has 0 saturated carbocycles. The van der Waals surface area contributed by atoms with Gasteiger partial charge in [-0.15, -0.1) is 0 Å². The maximum atomic E-state index is 12.2. The number of hydrogen-bond donors (Lipinski definition) is 3. The molecular weight excluding hydrogens is 378 g/mol. The number of rotatable bonds is 5. The molecule has 1 unspecified atom stereocenters. The van der Waals surface area contributed by atoms with E-state index in [2.05, 4.69) is 42.3 Å². The highest BCUT2D eigenvalue weighted by molar-refractivity contribution is 9.11. The fourth-order valence-electron chi connectivity index (χ4n) is 1.60. The van der Waals surface area contributed by atoms with Crippen LogP contribution in [0, 0.1) is 5.92 Å². The Bertz CT molecular complexity index is 472. The van der Waals surface area contributed by atoms with Crippen LogP contribution in [-0.2, 0) is 4.79 Å². The first kappa shape index (κ1) is 16.0. The Morgan fingerprint density at radius 3 is 2.53 bits per heavy atom. The van der Waals surface area contributed by atoms with Gasteiger partial charge in [0.15, 0.2) is 5.84 Å². The van der Waals surface area contributed by atoms with Crippen molar-refractivity contribution in [3.63, 3.8) is 0 Å². The lowest BCUT2D eigenvalue weighted by molar-refractivity contribution is -0.118. The Balaban J connectivity index is 2.94. The number of halogens is 2. The molecule has 1 aromatic rings. The van der Waals surface area contributed by atoms with Gasteiger partial charge in [0.2, 0.25) is 5.91 Å². The highest BCUT2D eigenvalue weighted by Gasteiger charge is 2.23. The molecule has 0 aliphatic carbocycles. The number of amidine groups is 1. The first-order chi connectivity index (χ1) is 9.01. The summed E-state index contributed by atoms with van der Waals surface area (Å²) in [7, 11) is 0. The van der Waals surface area contributed by atoms with Crippen LogP contribution < -0.4 is 11.1 Å². The smallest absolute Gasteiger partial charge is 0.235 e. The Kier molecular flexibility index (Phi) is 6.30. The summed E-state index contributed by atoms with van der Waals surface area (Å²) in [6.45, 7) is 1.93. The molecule has 0 saturated heterocycles. The van der Waals surface area contributed by atoms with Crippen LogP contribution >= 0.6 is 31.9 Å². The average molecular weight is 393 g/mol. The van der Waals surface area contributed by atoms with Crippen molar-refractivity contribution in [1.82, 2.24) is 0 Å². The summed E-state index contributed by atoms with van der Waals surface area (Å²) >= 11 is 6.72. The van der Waals surface area contributed by atoms with Gasteiger partial charge >= 0.3 is 0 Å². The molecule has 7 heteroatoms. The van der Waals surface area contributed by atoms with Gasteiger partial charge in [-0.05, 0) is 50.4 Å². The van der Waals surface area contributed by atoms with E-state index in [1.807, 2.05) is 25.1 Å². The van der Waals surface area contributed by atoms with Gasteiger partial charge in [-0.25, -0.2) is 0 Å². The van der Waals surface area contributed by atoms with Crippen LogP contribution in [0.1, 0.15) is 19.8 Å². The van der Waals surface area contributed by atoms with Gasteiger partial charge in [0.05, 0.1) is 11.6 Å². The lowest BCUT2D eigenvalue weighted by atomic mass is 10.0. The second-order valence-corrected chi connectivity index (χ2v) is 5.66. The summed E-state index contributed by atoms with van der Waals surface area (Å²) in [4.78, 5) is 12.2. The highest BCUT2D eigenvalue weighted by Crippen LogP contribution is 2.31. The van der Waals surface area contributed by atoms with Crippen LogP contribution in [0.3, 0.4) is 0 Å². The SMILES string of the molecule is CCCC(C(=O)Nc1c(Br)cccc1Br)/C(N)=N/O. The molecule has 19 heavy (non-hydrogen) atoms. The van der Waals surface area contributed by atoms with E-state index in [1.165, 1.54) is 0 Å². The molecule has 1 aromatic carbocycles. The number of carbonyl (C=O) groups is 1. The number of nitrogens with two attached hydrogens (primary N) is 1. The molecule has 104 valence electrons. The molecule has 1 amide bonds. The minimum atomic E-state index is -0.644. The molecule has 0 radical (unpaired) electrons. The summed E-state index contributed by atoms with van der Waals surface area (Å²) < 4.78 is 1.51. The second-order valence-electron chi connectivity index (χ2n) is 3.95. The van der Waals surface area contributed by atoms with Crippen molar-refractivity contribution in [2.24, 2.45) is 16.8 Å². The molecule has 0 aliphatic rings. The van der Waals surface area contributed by atoms with Crippen molar-refractivity contribution in [1.29, 1.82) is 0 Å². The van der Waals surface area contributed by atoms with Crippen molar-refractivity contribution in [2.75, 3.05) is 5.32 Å². The fourth-order valence-corrected chi connectivity index (χ4v) is 2.80. The molecular formula is C12H15Br2N3O2. The molecule has 1 rings (SSSR count). The molecule has 0 heterocycles. The molecule has 0 spiro atoms. The van der Waals surface area contributed by atoms with Crippen molar-refractivity contribution >= 4 is 49.3 Å². The predicted molar refractivity (Wildman–Crippen MR) is 82.3 cm³/mol. The minimum Gasteiger partial charge on any atom is -0.409 e. The Morgan fingerprint density at radius 1 is 1.47 bits per heavy atom. The number of nitrogens with zero attached hydrogens (tertiary/aromatic N) is 1. The maximum Gasteiger partial charge on any atom is 0.235 e. The van der Waals surface area contributed by atoms with E-state index in [1.54, 1.807) is 0 Å². The zero-order chi connectivity index (χ0) is 14.4. The van der Waals surface area contributed by atoms with Crippen LogP contribution in [0.25, 0.3) is 0 Å². The first-order valence-electron chi connectivity index (χ1n) is 5.73. The van der Waals surface area contributed by atoms with Crippen molar-refractivity contribution in [3.8, 4) is 0 Å². The van der Waals surface area contributed by atoms with Crippen LogP contribution in [0.2, 0.25) is 0 Å². The number of oxime groups is 1. The van der Waals surface area contributed by atoms with Gasteiger partial charge in [0.1, 0.15) is 0 Å². The second kappa shape index (κ2) is 7.49. The molecule has 0 bridgehead atoms. The summed E-state index contributed by atoms with van der Waals surface area (Å²) in [5, 5.41) is 14.4. The fraction of sp³-hybridized carbons (Fsp3) is 0.333. The number of nitrogens with one attached hydrogen (secondary N) is 1. The summed E-state index contributed by atoms with van der Waals surface area (Å²) in [5.74, 6) is -1.03. The maximum absolute atomic E-state index is 12.2. The quantitative estimate of drug-likeness (QED) is 0.311. The summed E-state index contributed by atoms with van der Waals surface area (Å²) in [6.07, 6.45) is 1.27. The zero-order valence-corrected chi connectivity index (χ0v) is 13.5. The highest BCUT2D eigenvalue weighted by atomic mass is 79.9. The number of hydrogen-bond acceptors (Lipinski definition) is 3. The Labute approximate surface area is 128 Å². The van der Waals surface area contributed by atoms with Crippen LogP contribution in [0.15, 0.2) is 32.3 Å². The topological polar surface area (TPSA) is 87.7 Å². The number of benzene rings is 1. The largest absolute Gasteiger partial charge is 0.409 e. The van der Waals surface area contributed by atoms with Gasteiger partial charge in [-0.1, -0.05) is 24.6 Å². The van der Waals surface area contributed by atoms with Gasteiger partial charge in [0.25, 0.3) is 0 Å². The number of anilines is 1. The lowest BCUT2D eigenvalue weighted by Gasteiger charge is -2.16. The predicted octanol–water partition coefficient (Wildman–Crippen LogP) is 3.31. The van der Waals surface area contributed by atoms with Gasteiger partial charge < -0.3 is 16.3 Å². The third-order valence-electron chi connectivity index (χ3n) is 2.58. The number of para-hydroxylation sites is 1. The van der Waals surface area contributed by atoms with Gasteiger partial charge in [0, 0.05) is 8.95 Å². The van der Waals surface area contributed by atoms with E-state index in [0.717, 1.165) is 15.4 Å². The standard InChI is InChI=1S/C12H15Br2N3O2/c1-2-4-7(11(15)17-19)12(18)16-10-8(13)5-3-6-9(10)14/h3,5-7,19H,2,4H2,1H3,(H2,15,17)(H,16,18). The number of amides is 1.